The molecule has 0 heterocycles. The van der Waals surface area contributed by atoms with E-state index in [0.29, 0.717) is 0 Å². The Morgan fingerprint density at radius 2 is 0.516 bits per heavy atom. The van der Waals surface area contributed by atoms with Gasteiger partial charge in [-0.1, -0.05) is 121 Å². The van der Waals surface area contributed by atoms with Crippen molar-refractivity contribution in [3.05, 3.63) is 121 Å². The van der Waals surface area contributed by atoms with Gasteiger partial charge in [0, 0.05) is 0 Å². The molecule has 0 spiro atoms. The van der Waals surface area contributed by atoms with Crippen LogP contribution in [-0.4, -0.2) is 0 Å². The van der Waals surface area contributed by atoms with E-state index in [9.17, 15) is 0 Å². The van der Waals surface area contributed by atoms with E-state index < -0.39 is 17.4 Å². The zero-order valence-corrected chi connectivity index (χ0v) is 21.5. The maximum Gasteiger partial charge on any atom is 2.00 e. The molecule has 4 aromatic carbocycles. The normalized spacial score (nSPS) is 8.84. The summed E-state index contributed by atoms with van der Waals surface area (Å²) in [4.78, 5) is 16.7. The zero-order chi connectivity index (χ0) is 21.9. The van der Waals surface area contributed by atoms with Crippen LogP contribution in [0.25, 0.3) is 22.3 Å². The van der Waals surface area contributed by atoms with Crippen LogP contribution in [0.4, 0.5) is 0 Å². The molecule has 0 unspecified atom stereocenters. The van der Waals surface area contributed by atoms with Gasteiger partial charge < -0.3 is 9.79 Å². The minimum Gasteiger partial charge on any atom is -0.772 e. The van der Waals surface area contributed by atoms with Crippen LogP contribution >= 0.6 is 17.4 Å². The van der Waals surface area contributed by atoms with Crippen molar-refractivity contribution >= 4 is 17.4 Å². The van der Waals surface area contributed by atoms with Crippen molar-refractivity contribution in [2.45, 2.75) is 0 Å². The molecule has 0 radical (unpaired) electrons. The number of rotatable bonds is 2. The fraction of sp³-hybridized carbons (Fsp3) is 0. The Bertz CT molecular complexity index is 786. The fourth-order valence-electron chi connectivity index (χ4n) is 2.52. The quantitative estimate of drug-likeness (QED) is 0.257. The summed E-state index contributed by atoms with van der Waals surface area (Å²) in [7, 11) is -2.17. The molecule has 0 aliphatic rings. The second-order valence-electron chi connectivity index (χ2n) is 5.61. The molecule has 0 saturated heterocycles. The molecular weight excluding hydrogens is 480 g/mol. The van der Waals surface area contributed by atoms with Gasteiger partial charge >= 0.3 is 19.5 Å². The molecule has 152 valence electrons. The summed E-state index contributed by atoms with van der Waals surface area (Å²) in [5.74, 6) is 0. The van der Waals surface area contributed by atoms with Gasteiger partial charge in [0.05, 0.1) is 17.4 Å². The second-order valence-corrected chi connectivity index (χ2v) is 5.91. The van der Waals surface area contributed by atoms with E-state index >= 15 is 0 Å². The van der Waals surface area contributed by atoms with Crippen molar-refractivity contribution < 1.29 is 38.4 Å². The molecule has 4 nitrogen and oxygen atoms in total. The summed E-state index contributed by atoms with van der Waals surface area (Å²) in [5, 5.41) is 0. The first-order valence-corrected chi connectivity index (χ1v) is 10.3. The van der Waals surface area contributed by atoms with Gasteiger partial charge in [-0.25, -0.2) is 0 Å². The van der Waals surface area contributed by atoms with E-state index in [1.807, 2.05) is 24.3 Å². The monoisotopic (exact) mass is 498 g/mol. The van der Waals surface area contributed by atoms with Crippen LogP contribution in [0.15, 0.2) is 121 Å². The molecule has 0 aliphatic carbocycles. The van der Waals surface area contributed by atoms with Crippen molar-refractivity contribution in [3.8, 4) is 22.3 Å². The standard InChI is InChI=1S/2C12H10.2HO2P.Zn/c2*1-3-7-11(8-4-1)12-9-5-2-6-10-12;2*1-3-2;/h2*1-10H;2*(H,1,2);/q;;;;+2/p-2. The van der Waals surface area contributed by atoms with Crippen LogP contribution in [0.3, 0.4) is 0 Å². The third kappa shape index (κ3) is 12.8. The minimum atomic E-state index is -1.08. The van der Waals surface area contributed by atoms with E-state index in [2.05, 4.69) is 97.1 Å². The fourth-order valence-corrected chi connectivity index (χ4v) is 2.52. The molecule has 7 heteroatoms. The van der Waals surface area contributed by atoms with Gasteiger partial charge in [0.2, 0.25) is 0 Å². The average Bonchev–Trinajstić information content (AvgIpc) is 2.83. The molecule has 0 amide bonds. The summed E-state index contributed by atoms with van der Waals surface area (Å²) in [6, 6.07) is 41.6. The van der Waals surface area contributed by atoms with E-state index in [-0.39, 0.29) is 19.5 Å². The summed E-state index contributed by atoms with van der Waals surface area (Å²) < 4.78 is 16.7. The first-order chi connectivity index (χ1) is 14.8. The summed E-state index contributed by atoms with van der Waals surface area (Å²) in [5.41, 5.74) is 5.10. The largest absolute Gasteiger partial charge is 2.00 e. The molecule has 0 atom stereocenters. The summed E-state index contributed by atoms with van der Waals surface area (Å²) in [6.45, 7) is 0. The van der Waals surface area contributed by atoms with Gasteiger partial charge in [-0.3, -0.25) is 9.13 Å². The topological polar surface area (TPSA) is 80.3 Å². The molecule has 4 rings (SSSR count). The maximum absolute atomic E-state index is 8.35. The molecular formula is C24H20O4P2Zn. The van der Waals surface area contributed by atoms with Crippen molar-refractivity contribution in [1.82, 2.24) is 0 Å². The van der Waals surface area contributed by atoms with Gasteiger partial charge in [0.1, 0.15) is 0 Å². The first kappa shape index (κ1) is 28.6. The Kier molecular flexibility index (Phi) is 18.1. The Morgan fingerprint density at radius 1 is 0.387 bits per heavy atom. The van der Waals surface area contributed by atoms with E-state index in [1.54, 1.807) is 0 Å². The Labute approximate surface area is 199 Å². The van der Waals surface area contributed by atoms with E-state index in [4.69, 9.17) is 18.9 Å². The predicted molar refractivity (Wildman–Crippen MR) is 119 cm³/mol. The Balaban J connectivity index is 0.000000453. The molecule has 0 saturated carbocycles. The van der Waals surface area contributed by atoms with Crippen LogP contribution in [0.1, 0.15) is 0 Å². The van der Waals surface area contributed by atoms with Crippen molar-refractivity contribution in [3.63, 3.8) is 0 Å². The molecule has 0 N–H and O–H groups in total. The molecule has 0 fully saturated rings. The van der Waals surface area contributed by atoms with Gasteiger partial charge in [0.15, 0.2) is 0 Å². The maximum atomic E-state index is 8.35. The zero-order valence-electron chi connectivity index (χ0n) is 16.8. The first-order valence-electron chi connectivity index (χ1n) is 8.87. The number of hydrogen-bond acceptors (Lipinski definition) is 4. The third-order valence-corrected chi connectivity index (χ3v) is 3.76. The smallest absolute Gasteiger partial charge is 0.772 e. The number of benzene rings is 4. The van der Waals surface area contributed by atoms with Crippen molar-refractivity contribution in [2.75, 3.05) is 0 Å². The Hall–Kier alpha value is -2.38. The molecule has 0 bridgehead atoms. The number of hydrogen-bond donors (Lipinski definition) is 0. The van der Waals surface area contributed by atoms with E-state index in [1.165, 1.54) is 22.3 Å². The van der Waals surface area contributed by atoms with Crippen molar-refractivity contribution in [2.24, 2.45) is 0 Å². The van der Waals surface area contributed by atoms with Gasteiger partial charge in [-0.05, 0) is 22.3 Å². The van der Waals surface area contributed by atoms with E-state index in [0.717, 1.165) is 0 Å². The van der Waals surface area contributed by atoms with Crippen LogP contribution in [-0.2, 0) is 28.6 Å². The predicted octanol–water partition coefficient (Wildman–Crippen LogP) is 5.81. The van der Waals surface area contributed by atoms with Crippen LogP contribution in [0.5, 0.6) is 0 Å². The van der Waals surface area contributed by atoms with Gasteiger partial charge in [0.25, 0.3) is 0 Å². The van der Waals surface area contributed by atoms with Gasteiger partial charge in [-0.15, -0.1) is 0 Å². The van der Waals surface area contributed by atoms with Crippen LogP contribution < -0.4 is 9.79 Å². The van der Waals surface area contributed by atoms with Gasteiger partial charge in [-0.2, -0.15) is 0 Å². The SMILES string of the molecule is O=P[O-].O=P[O-].[Zn+2].c1ccc(-c2ccccc2)cc1.c1ccc(-c2ccccc2)cc1. The van der Waals surface area contributed by atoms with Crippen LogP contribution in [0.2, 0.25) is 0 Å². The molecule has 0 aromatic heterocycles. The Morgan fingerprint density at radius 3 is 0.645 bits per heavy atom. The summed E-state index contributed by atoms with van der Waals surface area (Å²) >= 11 is 0. The van der Waals surface area contributed by atoms with Crippen molar-refractivity contribution in [1.29, 1.82) is 0 Å². The molecule has 4 aromatic rings. The minimum absolute atomic E-state index is 0. The molecule has 31 heavy (non-hydrogen) atoms. The second kappa shape index (κ2) is 19.6. The molecule has 0 aliphatic heterocycles. The average molecular weight is 500 g/mol. The third-order valence-electron chi connectivity index (χ3n) is 3.76. The van der Waals surface area contributed by atoms with Crippen LogP contribution in [0, 0.1) is 0 Å². The summed E-state index contributed by atoms with van der Waals surface area (Å²) in [6.07, 6.45) is 0.